The molecule has 13 aromatic rings. The molecule has 0 saturated heterocycles. The molecule has 302 valence electrons. The van der Waals surface area contributed by atoms with Crippen molar-refractivity contribution in [2.24, 2.45) is 0 Å². The molecule has 4 heteroatoms. The molecule has 0 saturated carbocycles. The van der Waals surface area contributed by atoms with Gasteiger partial charge < -0.3 is 13.7 Å². The number of nitrogens with zero attached hydrogens (tertiary/aromatic N) is 3. The van der Waals surface area contributed by atoms with Gasteiger partial charge in [-0.15, -0.1) is 10.0 Å². The van der Waals surface area contributed by atoms with Gasteiger partial charge in [-0.1, -0.05) is 133 Å². The minimum Gasteiger partial charge on any atom is -0.309 e. The second-order valence-electron chi connectivity index (χ2n) is 16.5. The van der Waals surface area contributed by atoms with Gasteiger partial charge in [0.1, 0.15) is 0 Å². The minimum absolute atomic E-state index is 1.13. The van der Waals surface area contributed by atoms with Gasteiger partial charge in [0.15, 0.2) is 0 Å². The Balaban J connectivity index is 1.11. The molecule has 13 rings (SSSR count). The number of aromatic nitrogens is 3. The largest absolute Gasteiger partial charge is 0.309 e. The molecule has 3 nitrogen and oxygen atoms in total. The van der Waals surface area contributed by atoms with Crippen LogP contribution in [0.25, 0.3) is 82.5 Å². The fourth-order valence-electron chi connectivity index (χ4n) is 10.5. The standard InChI is InChI=1S/C60H41N3S/c1-4-20-45(21-5-1)64(46-22-6-2-7-23-46,47-24-8-3-9-25-47)48-26-18-19-42(39-48)61-59-37-35-43(62-55-31-14-10-27-49(55)50-28-11-15-32-56(50)62)40-53(59)54-41-44(36-38-60(54)61)63-57-33-16-12-29-51(57)52-30-13-17-34-58(52)63/h1-41H. The summed E-state index contributed by atoms with van der Waals surface area (Å²) in [5, 5.41) is 7.43. The molecule has 0 fully saturated rings. The van der Waals surface area contributed by atoms with Gasteiger partial charge in [-0.25, -0.2) is 0 Å². The van der Waals surface area contributed by atoms with Crippen LogP contribution in [0, 0.1) is 0 Å². The van der Waals surface area contributed by atoms with Crippen LogP contribution in [0.15, 0.2) is 268 Å². The van der Waals surface area contributed by atoms with E-state index in [0.717, 1.165) is 28.1 Å². The van der Waals surface area contributed by atoms with Gasteiger partial charge in [-0.3, -0.25) is 0 Å². The lowest BCUT2D eigenvalue weighted by Crippen LogP contribution is -2.06. The summed E-state index contributed by atoms with van der Waals surface area (Å²) in [6, 6.07) is 92.0. The van der Waals surface area contributed by atoms with Crippen molar-refractivity contribution in [1.82, 2.24) is 13.7 Å². The molecule has 3 aromatic heterocycles. The van der Waals surface area contributed by atoms with Crippen LogP contribution in [0.5, 0.6) is 0 Å². The Morgan fingerprint density at radius 2 is 0.500 bits per heavy atom. The molecule has 0 aliphatic carbocycles. The summed E-state index contributed by atoms with van der Waals surface area (Å²) >= 11 is 0. The van der Waals surface area contributed by atoms with Gasteiger partial charge in [0, 0.05) is 69.0 Å². The van der Waals surface area contributed by atoms with E-state index >= 15 is 0 Å². The maximum Gasteiger partial charge on any atom is 0.0542 e. The van der Waals surface area contributed by atoms with Crippen molar-refractivity contribution in [1.29, 1.82) is 0 Å². The van der Waals surface area contributed by atoms with Gasteiger partial charge in [0.2, 0.25) is 0 Å². The van der Waals surface area contributed by atoms with Crippen molar-refractivity contribution in [3.8, 4) is 17.1 Å². The number of para-hydroxylation sites is 4. The van der Waals surface area contributed by atoms with Crippen molar-refractivity contribution in [2.75, 3.05) is 0 Å². The van der Waals surface area contributed by atoms with Crippen LogP contribution in [0.3, 0.4) is 0 Å². The van der Waals surface area contributed by atoms with Crippen LogP contribution in [-0.4, -0.2) is 13.7 Å². The molecule has 0 N–H and O–H groups in total. The Morgan fingerprint density at radius 3 is 0.875 bits per heavy atom. The number of hydrogen-bond donors (Lipinski definition) is 0. The van der Waals surface area contributed by atoms with Crippen molar-refractivity contribution in [3.05, 3.63) is 249 Å². The highest BCUT2D eigenvalue weighted by Gasteiger charge is 2.33. The van der Waals surface area contributed by atoms with Crippen LogP contribution in [0.4, 0.5) is 0 Å². The SMILES string of the molecule is c1ccc(S(c2ccccc2)(c2ccccc2)c2cccc(-n3c4ccc(-n5c6ccccc6c6ccccc65)cc4c4cc(-n5c6ccccc6c6ccccc65)ccc43)c2)cc1. The third-order valence-corrected chi connectivity index (χ3v) is 17.0. The number of rotatable bonds is 7. The first-order chi connectivity index (χ1) is 31.8. The minimum atomic E-state index is -1.91. The quantitative estimate of drug-likeness (QED) is 0.152. The third kappa shape index (κ3) is 5.36. The second-order valence-corrected chi connectivity index (χ2v) is 19.6. The topological polar surface area (TPSA) is 14.8 Å². The first-order valence-corrected chi connectivity index (χ1v) is 23.6. The van der Waals surface area contributed by atoms with Gasteiger partial charge in [-0.2, -0.15) is 0 Å². The summed E-state index contributed by atoms with van der Waals surface area (Å²) < 4.78 is 7.36. The van der Waals surface area contributed by atoms with E-state index in [0.29, 0.717) is 0 Å². The monoisotopic (exact) mass is 835 g/mol. The summed E-state index contributed by atoms with van der Waals surface area (Å²) in [5.41, 5.74) is 10.5. The highest BCUT2D eigenvalue weighted by molar-refractivity contribution is 8.34. The van der Waals surface area contributed by atoms with E-state index in [1.54, 1.807) is 0 Å². The second kappa shape index (κ2) is 14.5. The molecule has 0 radical (unpaired) electrons. The van der Waals surface area contributed by atoms with Gasteiger partial charge in [-0.05, 0) is 115 Å². The summed E-state index contributed by atoms with van der Waals surface area (Å²) in [4.78, 5) is 5.20. The molecule has 0 amide bonds. The average Bonchev–Trinajstić information content (AvgIpc) is 4.01. The lowest BCUT2D eigenvalue weighted by atomic mass is 10.1. The maximum atomic E-state index is 2.49. The molecule has 0 aliphatic rings. The maximum absolute atomic E-state index is 2.49. The third-order valence-electron chi connectivity index (χ3n) is 13.1. The average molecular weight is 836 g/mol. The molecule has 64 heavy (non-hydrogen) atoms. The van der Waals surface area contributed by atoms with Crippen LogP contribution in [-0.2, 0) is 0 Å². The fourth-order valence-corrected chi connectivity index (χ4v) is 14.4. The molecule has 0 unspecified atom stereocenters. The molecular formula is C60H41N3S. The summed E-state index contributed by atoms with van der Waals surface area (Å²) in [7, 11) is -1.91. The molecule has 10 aromatic carbocycles. The van der Waals surface area contributed by atoms with E-state index < -0.39 is 10.0 Å². The van der Waals surface area contributed by atoms with Gasteiger partial charge >= 0.3 is 0 Å². The van der Waals surface area contributed by atoms with Crippen LogP contribution in [0.2, 0.25) is 0 Å². The molecule has 0 bridgehead atoms. The Hall–Kier alpha value is -8.05. The number of benzene rings is 10. The number of fused-ring (bicyclic) bond motifs is 9. The van der Waals surface area contributed by atoms with E-state index in [1.807, 2.05) is 0 Å². The predicted octanol–water partition coefficient (Wildman–Crippen LogP) is 16.3. The lowest BCUT2D eigenvalue weighted by molar-refractivity contribution is 1.14. The number of hydrogen-bond acceptors (Lipinski definition) is 0. The Bertz CT molecular complexity index is 3520. The summed E-state index contributed by atoms with van der Waals surface area (Å²) in [5.74, 6) is 0. The fraction of sp³-hybridized carbons (Fsp3) is 0. The lowest BCUT2D eigenvalue weighted by Gasteiger charge is -2.42. The van der Waals surface area contributed by atoms with E-state index in [-0.39, 0.29) is 0 Å². The summed E-state index contributed by atoms with van der Waals surface area (Å²) in [6.07, 6.45) is 0. The molecule has 0 atom stereocenters. The highest BCUT2D eigenvalue weighted by Crippen LogP contribution is 2.73. The Morgan fingerprint density at radius 1 is 0.203 bits per heavy atom. The van der Waals surface area contributed by atoms with Crippen LogP contribution in [0.1, 0.15) is 0 Å². The smallest absolute Gasteiger partial charge is 0.0542 e. The molecule has 3 heterocycles. The molecular weight excluding hydrogens is 795 g/mol. The van der Waals surface area contributed by atoms with Crippen molar-refractivity contribution in [3.63, 3.8) is 0 Å². The molecule has 0 aliphatic heterocycles. The zero-order chi connectivity index (χ0) is 42.2. The zero-order valence-electron chi connectivity index (χ0n) is 34.9. The summed E-state index contributed by atoms with van der Waals surface area (Å²) in [6.45, 7) is 0. The normalized spacial score (nSPS) is 12.3. The van der Waals surface area contributed by atoms with Crippen LogP contribution >= 0.6 is 10.0 Å². The zero-order valence-corrected chi connectivity index (χ0v) is 35.7. The van der Waals surface area contributed by atoms with Crippen LogP contribution < -0.4 is 0 Å². The van der Waals surface area contributed by atoms with E-state index in [1.165, 1.54) is 74.0 Å². The van der Waals surface area contributed by atoms with Crippen molar-refractivity contribution in [2.45, 2.75) is 19.6 Å². The van der Waals surface area contributed by atoms with E-state index in [9.17, 15) is 0 Å². The predicted molar refractivity (Wildman–Crippen MR) is 269 cm³/mol. The highest BCUT2D eigenvalue weighted by atomic mass is 32.3. The Kier molecular flexibility index (Phi) is 8.30. The molecule has 0 spiro atoms. The Labute approximate surface area is 372 Å². The first kappa shape index (κ1) is 36.6. The first-order valence-electron chi connectivity index (χ1n) is 21.9. The van der Waals surface area contributed by atoms with E-state index in [2.05, 4.69) is 262 Å². The van der Waals surface area contributed by atoms with Crippen molar-refractivity contribution < 1.29 is 0 Å². The van der Waals surface area contributed by atoms with Gasteiger partial charge in [0.05, 0.1) is 33.1 Å². The van der Waals surface area contributed by atoms with Gasteiger partial charge in [0.25, 0.3) is 0 Å². The van der Waals surface area contributed by atoms with E-state index in [4.69, 9.17) is 0 Å². The van der Waals surface area contributed by atoms with Crippen molar-refractivity contribution >= 4 is 75.4 Å².